The molecule has 0 spiro atoms. The molecule has 0 saturated heterocycles. The largest absolute Gasteiger partial charge is 0.399 e. The number of benzene rings is 2. The molecule has 0 fully saturated rings. The Morgan fingerprint density at radius 3 is 2.39 bits per heavy atom. The van der Waals surface area contributed by atoms with Gasteiger partial charge < -0.3 is 5.73 Å². The molecular formula is C14H13Cl2NS. The van der Waals surface area contributed by atoms with E-state index in [4.69, 9.17) is 28.9 Å². The zero-order chi connectivity index (χ0) is 13.1. The quantitative estimate of drug-likeness (QED) is 0.624. The number of aryl methyl sites for hydroxylation is 1. The molecule has 0 aliphatic rings. The summed E-state index contributed by atoms with van der Waals surface area (Å²) >= 11 is 13.9. The molecule has 0 radical (unpaired) electrons. The fourth-order valence-electron chi connectivity index (χ4n) is 1.67. The van der Waals surface area contributed by atoms with Gasteiger partial charge in [-0.05, 0) is 24.6 Å². The van der Waals surface area contributed by atoms with Crippen LogP contribution < -0.4 is 5.73 Å². The molecule has 2 aromatic carbocycles. The van der Waals surface area contributed by atoms with E-state index in [9.17, 15) is 0 Å². The second-order valence-corrected chi connectivity index (χ2v) is 5.89. The lowest BCUT2D eigenvalue weighted by molar-refractivity contribution is 1.34. The number of nitrogens with two attached hydrogens (primary N) is 1. The Morgan fingerprint density at radius 1 is 1.11 bits per heavy atom. The first kappa shape index (κ1) is 13.6. The molecule has 0 atom stereocenters. The molecule has 2 aromatic rings. The molecule has 0 aliphatic carbocycles. The van der Waals surface area contributed by atoms with E-state index in [1.54, 1.807) is 23.9 Å². The fourth-order valence-corrected chi connectivity index (χ4v) is 3.39. The van der Waals surface area contributed by atoms with Gasteiger partial charge in [-0.1, -0.05) is 53.0 Å². The molecule has 18 heavy (non-hydrogen) atoms. The van der Waals surface area contributed by atoms with E-state index >= 15 is 0 Å². The van der Waals surface area contributed by atoms with Crippen LogP contribution in [0.4, 0.5) is 5.69 Å². The SMILES string of the molecule is Cc1cccc(CSc2c(Cl)cc(N)cc2Cl)c1. The lowest BCUT2D eigenvalue weighted by Gasteiger charge is -2.08. The Kier molecular flexibility index (Phi) is 4.44. The standard InChI is InChI=1S/C14H13Cl2NS/c1-9-3-2-4-10(5-9)8-18-14-12(15)6-11(17)7-13(14)16/h2-7H,8,17H2,1H3. The highest BCUT2D eigenvalue weighted by Gasteiger charge is 2.08. The van der Waals surface area contributed by atoms with Gasteiger partial charge in [-0.2, -0.15) is 0 Å². The first-order valence-electron chi connectivity index (χ1n) is 5.49. The lowest BCUT2D eigenvalue weighted by atomic mass is 10.2. The second kappa shape index (κ2) is 5.87. The van der Waals surface area contributed by atoms with Crippen molar-refractivity contribution >= 4 is 40.7 Å². The van der Waals surface area contributed by atoms with E-state index in [1.165, 1.54) is 11.1 Å². The van der Waals surface area contributed by atoms with Gasteiger partial charge in [0.1, 0.15) is 0 Å². The first-order chi connectivity index (χ1) is 8.56. The number of rotatable bonds is 3. The van der Waals surface area contributed by atoms with Crippen molar-refractivity contribution in [1.29, 1.82) is 0 Å². The highest BCUT2D eigenvalue weighted by Crippen LogP contribution is 2.37. The van der Waals surface area contributed by atoms with Gasteiger partial charge in [-0.15, -0.1) is 11.8 Å². The summed E-state index contributed by atoms with van der Waals surface area (Å²) in [5.41, 5.74) is 8.77. The van der Waals surface area contributed by atoms with Crippen LogP contribution in [0.2, 0.25) is 10.0 Å². The maximum Gasteiger partial charge on any atom is 0.0577 e. The zero-order valence-corrected chi connectivity index (χ0v) is 12.2. The number of nitrogen functional groups attached to an aromatic ring is 1. The van der Waals surface area contributed by atoms with Crippen LogP contribution in [0.1, 0.15) is 11.1 Å². The summed E-state index contributed by atoms with van der Waals surface area (Å²) in [4.78, 5) is 0.883. The Bertz CT molecular complexity index is 546. The van der Waals surface area contributed by atoms with Crippen molar-refractivity contribution in [3.63, 3.8) is 0 Å². The third-order valence-electron chi connectivity index (χ3n) is 2.49. The van der Waals surface area contributed by atoms with Crippen molar-refractivity contribution < 1.29 is 0 Å². The molecule has 0 heterocycles. The van der Waals surface area contributed by atoms with Crippen molar-refractivity contribution in [2.45, 2.75) is 17.6 Å². The van der Waals surface area contributed by atoms with Crippen molar-refractivity contribution in [3.05, 3.63) is 57.6 Å². The van der Waals surface area contributed by atoms with Crippen molar-refractivity contribution in [2.24, 2.45) is 0 Å². The van der Waals surface area contributed by atoms with Crippen LogP contribution in [-0.2, 0) is 5.75 Å². The van der Waals surface area contributed by atoms with Gasteiger partial charge in [-0.3, -0.25) is 0 Å². The van der Waals surface area contributed by atoms with Crippen molar-refractivity contribution in [1.82, 2.24) is 0 Å². The minimum absolute atomic E-state index is 0.588. The van der Waals surface area contributed by atoms with Crippen LogP contribution in [0.5, 0.6) is 0 Å². The summed E-state index contributed by atoms with van der Waals surface area (Å²) in [5, 5.41) is 1.22. The average molecular weight is 298 g/mol. The summed E-state index contributed by atoms with van der Waals surface area (Å²) in [7, 11) is 0. The van der Waals surface area contributed by atoms with Gasteiger partial charge in [0, 0.05) is 16.3 Å². The summed E-state index contributed by atoms with van der Waals surface area (Å²) in [6.45, 7) is 2.08. The maximum absolute atomic E-state index is 6.15. The van der Waals surface area contributed by atoms with Gasteiger partial charge in [0.2, 0.25) is 0 Å². The summed E-state index contributed by atoms with van der Waals surface area (Å²) < 4.78 is 0. The van der Waals surface area contributed by atoms with Gasteiger partial charge in [0.15, 0.2) is 0 Å². The third kappa shape index (κ3) is 3.35. The van der Waals surface area contributed by atoms with Crippen molar-refractivity contribution in [3.8, 4) is 0 Å². The number of hydrogen-bond donors (Lipinski definition) is 1. The van der Waals surface area contributed by atoms with Crippen LogP contribution >= 0.6 is 35.0 Å². The molecule has 2 N–H and O–H groups in total. The number of hydrogen-bond acceptors (Lipinski definition) is 2. The number of halogens is 2. The molecule has 1 nitrogen and oxygen atoms in total. The van der Waals surface area contributed by atoms with Gasteiger partial charge >= 0.3 is 0 Å². The smallest absolute Gasteiger partial charge is 0.0577 e. The second-order valence-electron chi connectivity index (χ2n) is 4.09. The highest BCUT2D eigenvalue weighted by atomic mass is 35.5. The molecule has 4 heteroatoms. The van der Waals surface area contributed by atoms with E-state index in [0.29, 0.717) is 15.7 Å². The average Bonchev–Trinajstić information content (AvgIpc) is 2.27. The van der Waals surface area contributed by atoms with E-state index < -0.39 is 0 Å². The van der Waals surface area contributed by atoms with E-state index in [-0.39, 0.29) is 0 Å². The minimum atomic E-state index is 0.588. The van der Waals surface area contributed by atoms with E-state index in [2.05, 4.69) is 31.2 Å². The topological polar surface area (TPSA) is 26.0 Å². The molecule has 0 unspecified atom stereocenters. The van der Waals surface area contributed by atoms with Gasteiger partial charge in [0.05, 0.1) is 10.0 Å². The Labute approximate surface area is 121 Å². The maximum atomic E-state index is 6.15. The summed E-state index contributed by atoms with van der Waals surface area (Å²) in [5.74, 6) is 0.838. The molecule has 94 valence electrons. The molecule has 0 aromatic heterocycles. The minimum Gasteiger partial charge on any atom is -0.399 e. The molecular weight excluding hydrogens is 285 g/mol. The normalized spacial score (nSPS) is 10.6. The Balaban J connectivity index is 2.16. The van der Waals surface area contributed by atoms with Gasteiger partial charge in [-0.25, -0.2) is 0 Å². The molecule has 2 rings (SSSR count). The zero-order valence-electron chi connectivity index (χ0n) is 9.91. The van der Waals surface area contributed by atoms with Crippen LogP contribution in [-0.4, -0.2) is 0 Å². The lowest BCUT2D eigenvalue weighted by Crippen LogP contribution is -1.88. The summed E-state index contributed by atoms with van der Waals surface area (Å²) in [6, 6.07) is 11.8. The molecule has 0 saturated carbocycles. The van der Waals surface area contributed by atoms with E-state index in [1.807, 2.05) is 0 Å². The van der Waals surface area contributed by atoms with Crippen molar-refractivity contribution in [2.75, 3.05) is 5.73 Å². The van der Waals surface area contributed by atoms with E-state index in [0.717, 1.165) is 10.6 Å². The third-order valence-corrected chi connectivity index (χ3v) is 4.51. The van der Waals surface area contributed by atoms with Gasteiger partial charge in [0.25, 0.3) is 0 Å². The fraction of sp³-hybridized carbons (Fsp3) is 0.143. The summed E-state index contributed by atoms with van der Waals surface area (Å²) in [6.07, 6.45) is 0. The monoisotopic (exact) mass is 297 g/mol. The Morgan fingerprint density at radius 2 is 1.78 bits per heavy atom. The number of anilines is 1. The number of thioether (sulfide) groups is 1. The molecule has 0 bridgehead atoms. The van der Waals surface area contributed by atoms with Crippen LogP contribution in [0.15, 0.2) is 41.3 Å². The Hall–Kier alpha value is -0.830. The predicted octanol–water partition coefficient (Wildman–Crippen LogP) is 5.18. The molecule has 0 amide bonds. The van der Waals surface area contributed by atoms with Crippen LogP contribution in [0, 0.1) is 6.92 Å². The van der Waals surface area contributed by atoms with Crippen LogP contribution in [0.25, 0.3) is 0 Å². The molecule has 0 aliphatic heterocycles. The van der Waals surface area contributed by atoms with Crippen LogP contribution in [0.3, 0.4) is 0 Å². The predicted molar refractivity (Wildman–Crippen MR) is 81.6 cm³/mol. The highest BCUT2D eigenvalue weighted by molar-refractivity contribution is 7.98. The first-order valence-corrected chi connectivity index (χ1v) is 7.23.